The maximum Gasteiger partial charge on any atom is 0.266 e. The fourth-order valence-corrected chi connectivity index (χ4v) is 4.21. The molecule has 1 fully saturated rings. The molecule has 1 aromatic carbocycles. The molecule has 4 rings (SSSR count). The minimum absolute atomic E-state index is 0.0232. The lowest BCUT2D eigenvalue weighted by atomic mass is 10.1. The SMILES string of the molecule is Cc1ncsc1C(=O)N1CCCC1c1nc2ccccc2c(=O)n1C. The number of thiazole rings is 1. The number of carbonyl (C=O) groups excluding carboxylic acids is 1. The van der Waals surface area contributed by atoms with Crippen molar-refractivity contribution in [3.63, 3.8) is 0 Å². The highest BCUT2D eigenvalue weighted by Crippen LogP contribution is 2.33. The highest BCUT2D eigenvalue weighted by Gasteiger charge is 2.34. The van der Waals surface area contributed by atoms with Gasteiger partial charge in [0.25, 0.3) is 11.5 Å². The minimum atomic E-state index is -0.184. The van der Waals surface area contributed by atoms with E-state index in [0.717, 1.165) is 18.5 Å². The number of carbonyl (C=O) groups is 1. The highest BCUT2D eigenvalue weighted by atomic mass is 32.1. The van der Waals surface area contributed by atoms with Gasteiger partial charge in [0.05, 0.1) is 28.1 Å². The molecule has 1 aliphatic heterocycles. The van der Waals surface area contributed by atoms with E-state index in [-0.39, 0.29) is 17.5 Å². The number of benzene rings is 1. The summed E-state index contributed by atoms with van der Waals surface area (Å²) in [5, 5.41) is 0.600. The number of aromatic nitrogens is 3. The second kappa shape index (κ2) is 6.07. The summed E-state index contributed by atoms with van der Waals surface area (Å²) in [6, 6.07) is 7.15. The number of hydrogen-bond donors (Lipinski definition) is 0. The zero-order valence-corrected chi connectivity index (χ0v) is 14.9. The first kappa shape index (κ1) is 16.0. The van der Waals surface area contributed by atoms with Crippen LogP contribution in [0.4, 0.5) is 0 Å². The molecule has 0 aliphatic carbocycles. The maximum atomic E-state index is 13.0. The van der Waals surface area contributed by atoms with Crippen molar-refractivity contribution in [2.45, 2.75) is 25.8 Å². The van der Waals surface area contributed by atoms with Crippen LogP contribution in [0.3, 0.4) is 0 Å². The van der Waals surface area contributed by atoms with Gasteiger partial charge in [-0.05, 0) is 31.9 Å². The molecule has 3 heterocycles. The molecule has 2 aromatic heterocycles. The van der Waals surface area contributed by atoms with Gasteiger partial charge >= 0.3 is 0 Å². The Morgan fingerprint density at radius 3 is 2.88 bits per heavy atom. The van der Waals surface area contributed by atoms with E-state index in [9.17, 15) is 9.59 Å². The van der Waals surface area contributed by atoms with Crippen LogP contribution in [-0.4, -0.2) is 31.9 Å². The fourth-order valence-electron chi connectivity index (χ4n) is 3.45. The lowest BCUT2D eigenvalue weighted by Gasteiger charge is -2.25. The summed E-state index contributed by atoms with van der Waals surface area (Å²) >= 11 is 1.36. The first-order chi connectivity index (χ1) is 12.1. The summed E-state index contributed by atoms with van der Waals surface area (Å²) in [6.07, 6.45) is 1.71. The van der Waals surface area contributed by atoms with E-state index in [2.05, 4.69) is 4.98 Å². The molecule has 0 radical (unpaired) electrons. The molecule has 0 N–H and O–H groups in total. The van der Waals surface area contributed by atoms with Crippen LogP contribution in [0.25, 0.3) is 10.9 Å². The Labute approximate surface area is 148 Å². The molecule has 1 amide bonds. The Bertz CT molecular complexity index is 1020. The van der Waals surface area contributed by atoms with Crippen LogP contribution in [-0.2, 0) is 7.05 Å². The first-order valence-corrected chi connectivity index (χ1v) is 9.12. The van der Waals surface area contributed by atoms with Crippen molar-refractivity contribution in [3.8, 4) is 0 Å². The Kier molecular flexibility index (Phi) is 3.88. The lowest BCUT2D eigenvalue weighted by Crippen LogP contribution is -2.34. The van der Waals surface area contributed by atoms with Crippen molar-refractivity contribution in [2.24, 2.45) is 7.05 Å². The van der Waals surface area contributed by atoms with E-state index in [1.165, 1.54) is 11.3 Å². The molecule has 25 heavy (non-hydrogen) atoms. The van der Waals surface area contributed by atoms with E-state index in [4.69, 9.17) is 4.98 Å². The molecule has 1 unspecified atom stereocenters. The zero-order valence-electron chi connectivity index (χ0n) is 14.1. The smallest absolute Gasteiger partial charge is 0.266 e. The number of nitrogens with zero attached hydrogens (tertiary/aromatic N) is 4. The Morgan fingerprint density at radius 2 is 2.12 bits per heavy atom. The predicted molar refractivity (Wildman–Crippen MR) is 96.8 cm³/mol. The molecule has 1 atom stereocenters. The van der Waals surface area contributed by atoms with Crippen molar-refractivity contribution in [3.05, 3.63) is 56.5 Å². The topological polar surface area (TPSA) is 68.1 Å². The minimum Gasteiger partial charge on any atom is -0.328 e. The number of amides is 1. The summed E-state index contributed by atoms with van der Waals surface area (Å²) in [5.41, 5.74) is 3.04. The van der Waals surface area contributed by atoms with E-state index in [1.54, 1.807) is 23.2 Å². The van der Waals surface area contributed by atoms with Gasteiger partial charge in [0.15, 0.2) is 0 Å². The summed E-state index contributed by atoms with van der Waals surface area (Å²) in [4.78, 5) is 37.0. The Morgan fingerprint density at radius 1 is 1.32 bits per heavy atom. The second-order valence-electron chi connectivity index (χ2n) is 6.27. The molecule has 3 aromatic rings. The molecule has 1 saturated heterocycles. The van der Waals surface area contributed by atoms with Crippen LogP contribution in [0.15, 0.2) is 34.6 Å². The Hall–Kier alpha value is -2.54. The van der Waals surface area contributed by atoms with Crippen LogP contribution in [0.1, 0.15) is 40.1 Å². The van der Waals surface area contributed by atoms with Gasteiger partial charge in [0.1, 0.15) is 10.7 Å². The van der Waals surface area contributed by atoms with Gasteiger partial charge in [-0.2, -0.15) is 0 Å². The van der Waals surface area contributed by atoms with E-state index in [1.807, 2.05) is 30.0 Å². The first-order valence-electron chi connectivity index (χ1n) is 8.24. The second-order valence-corrected chi connectivity index (χ2v) is 7.13. The van der Waals surface area contributed by atoms with Gasteiger partial charge < -0.3 is 4.90 Å². The van der Waals surface area contributed by atoms with Gasteiger partial charge in [-0.15, -0.1) is 11.3 Å². The van der Waals surface area contributed by atoms with E-state index >= 15 is 0 Å². The lowest BCUT2D eigenvalue weighted by molar-refractivity contribution is 0.0731. The summed E-state index contributed by atoms with van der Waals surface area (Å²) in [5.74, 6) is 0.627. The molecular weight excluding hydrogens is 336 g/mol. The highest BCUT2D eigenvalue weighted by molar-refractivity contribution is 7.11. The summed E-state index contributed by atoms with van der Waals surface area (Å²) in [7, 11) is 1.73. The van der Waals surface area contributed by atoms with Crippen molar-refractivity contribution < 1.29 is 4.79 Å². The number of likely N-dealkylation sites (tertiary alicyclic amines) is 1. The van der Waals surface area contributed by atoms with Crippen molar-refractivity contribution in [1.82, 2.24) is 19.4 Å². The number of fused-ring (bicyclic) bond motifs is 1. The molecule has 0 spiro atoms. The monoisotopic (exact) mass is 354 g/mol. The molecule has 128 valence electrons. The third-order valence-corrected chi connectivity index (χ3v) is 5.69. The fraction of sp³-hybridized carbons (Fsp3) is 0.333. The largest absolute Gasteiger partial charge is 0.328 e. The third-order valence-electron chi connectivity index (χ3n) is 4.77. The van der Waals surface area contributed by atoms with Crippen LogP contribution in [0, 0.1) is 6.92 Å². The molecule has 7 heteroatoms. The number of hydrogen-bond acceptors (Lipinski definition) is 5. The van der Waals surface area contributed by atoms with Gasteiger partial charge in [-0.1, -0.05) is 12.1 Å². The summed E-state index contributed by atoms with van der Waals surface area (Å²) in [6.45, 7) is 2.52. The van der Waals surface area contributed by atoms with Gasteiger partial charge in [-0.25, -0.2) is 9.97 Å². The third kappa shape index (κ3) is 2.55. The normalized spacial score (nSPS) is 17.4. The molecule has 6 nitrogen and oxygen atoms in total. The van der Waals surface area contributed by atoms with Crippen molar-refractivity contribution in [2.75, 3.05) is 6.54 Å². The van der Waals surface area contributed by atoms with Crippen LogP contribution in [0.5, 0.6) is 0 Å². The van der Waals surface area contributed by atoms with Crippen LogP contribution < -0.4 is 5.56 Å². The molecule has 1 aliphatic rings. The van der Waals surface area contributed by atoms with Gasteiger partial charge in [-0.3, -0.25) is 14.2 Å². The van der Waals surface area contributed by atoms with Crippen molar-refractivity contribution >= 4 is 28.1 Å². The van der Waals surface area contributed by atoms with Gasteiger partial charge in [0.2, 0.25) is 0 Å². The maximum absolute atomic E-state index is 13.0. The number of rotatable bonds is 2. The standard InChI is InChI=1S/C18H18N4O2S/c1-11-15(25-10-19-11)18(24)22-9-5-8-14(22)16-20-13-7-4-3-6-12(13)17(23)21(16)2/h3-4,6-7,10,14H,5,8-9H2,1-2H3. The predicted octanol–water partition coefficient (Wildman–Crippen LogP) is 2.68. The summed E-state index contributed by atoms with van der Waals surface area (Å²) < 4.78 is 1.58. The van der Waals surface area contributed by atoms with Crippen LogP contribution >= 0.6 is 11.3 Å². The van der Waals surface area contributed by atoms with Gasteiger partial charge in [0, 0.05) is 13.6 Å². The molecular formula is C18H18N4O2S. The number of aryl methyl sites for hydroxylation is 1. The van der Waals surface area contributed by atoms with Crippen molar-refractivity contribution in [1.29, 1.82) is 0 Å². The quantitative estimate of drug-likeness (QED) is 0.709. The van der Waals surface area contributed by atoms with E-state index in [0.29, 0.717) is 28.1 Å². The zero-order chi connectivity index (χ0) is 17.6. The average Bonchev–Trinajstić information content (AvgIpc) is 3.26. The average molecular weight is 354 g/mol. The van der Waals surface area contributed by atoms with E-state index < -0.39 is 0 Å². The van der Waals surface area contributed by atoms with Crippen LogP contribution in [0.2, 0.25) is 0 Å². The molecule has 0 bridgehead atoms. The molecule has 0 saturated carbocycles. The Balaban J connectivity index is 1.80. The number of para-hydroxylation sites is 1.